The lowest BCUT2D eigenvalue weighted by Crippen LogP contribution is -2.58. The topological polar surface area (TPSA) is 69.1 Å². The van der Waals surface area contributed by atoms with Gasteiger partial charge in [-0.15, -0.1) is 5.92 Å². The number of fused-ring (bicyclic) bond motifs is 1. The Morgan fingerprint density at radius 1 is 1.39 bits per heavy atom. The van der Waals surface area contributed by atoms with Crippen LogP contribution in [0.1, 0.15) is 31.4 Å². The van der Waals surface area contributed by atoms with Gasteiger partial charge in [0.15, 0.2) is 5.96 Å². The van der Waals surface area contributed by atoms with E-state index in [1.54, 1.807) is 20.2 Å². The molecule has 5 heteroatoms. The van der Waals surface area contributed by atoms with Crippen molar-refractivity contribution in [2.45, 2.75) is 25.8 Å². The summed E-state index contributed by atoms with van der Waals surface area (Å²) in [6.07, 6.45) is 2.06. The Morgan fingerprint density at radius 3 is 2.87 bits per heavy atom. The van der Waals surface area contributed by atoms with Gasteiger partial charge in [-0.3, -0.25) is 20.1 Å². The van der Waals surface area contributed by atoms with Crippen molar-refractivity contribution in [3.63, 3.8) is 0 Å². The summed E-state index contributed by atoms with van der Waals surface area (Å²) in [7, 11) is 1.61. The molecule has 5 nitrogen and oxygen atoms in total. The fourth-order valence-electron chi connectivity index (χ4n) is 2.80. The maximum atomic E-state index is 12.1. The van der Waals surface area contributed by atoms with E-state index in [0.717, 1.165) is 22.0 Å². The molecule has 1 fully saturated rings. The molecule has 0 aliphatic carbocycles. The molecule has 1 amide bonds. The van der Waals surface area contributed by atoms with Crippen molar-refractivity contribution >= 4 is 22.8 Å². The number of carbonyl (C=O) groups excluding carboxylic acids is 1. The van der Waals surface area contributed by atoms with E-state index in [0.29, 0.717) is 6.42 Å². The van der Waals surface area contributed by atoms with Crippen LogP contribution in [0.3, 0.4) is 0 Å². The fourth-order valence-corrected chi connectivity index (χ4v) is 2.80. The van der Waals surface area contributed by atoms with Crippen LogP contribution in [0, 0.1) is 17.3 Å². The summed E-state index contributed by atoms with van der Waals surface area (Å²) in [5, 5.41) is 12.1. The SMILES string of the molecule is CC#Cc1cnc2ccc(C3(C)CC(=O)N(C)C(=N)N3)cc2c1. The van der Waals surface area contributed by atoms with Crippen molar-refractivity contribution in [2.24, 2.45) is 0 Å². The van der Waals surface area contributed by atoms with Gasteiger partial charge in [-0.05, 0) is 37.6 Å². The van der Waals surface area contributed by atoms with Crippen LogP contribution in [0.4, 0.5) is 0 Å². The number of guanidine groups is 1. The Kier molecular flexibility index (Phi) is 3.53. The first kappa shape index (κ1) is 15.0. The maximum absolute atomic E-state index is 12.1. The van der Waals surface area contributed by atoms with E-state index in [1.807, 2.05) is 31.2 Å². The van der Waals surface area contributed by atoms with Gasteiger partial charge in [0.05, 0.1) is 17.5 Å². The monoisotopic (exact) mass is 306 g/mol. The molecule has 1 aromatic heterocycles. The highest BCUT2D eigenvalue weighted by Crippen LogP contribution is 2.30. The third-order valence-electron chi connectivity index (χ3n) is 4.20. The molecule has 3 rings (SSSR count). The zero-order valence-corrected chi connectivity index (χ0v) is 13.4. The molecule has 116 valence electrons. The van der Waals surface area contributed by atoms with E-state index in [9.17, 15) is 4.79 Å². The Balaban J connectivity index is 2.06. The van der Waals surface area contributed by atoms with Crippen molar-refractivity contribution in [2.75, 3.05) is 7.05 Å². The van der Waals surface area contributed by atoms with Crippen LogP contribution in [0.15, 0.2) is 30.5 Å². The molecule has 2 N–H and O–H groups in total. The normalized spacial score (nSPS) is 20.9. The van der Waals surface area contributed by atoms with Gasteiger partial charge in [-0.1, -0.05) is 12.0 Å². The average Bonchev–Trinajstić information content (AvgIpc) is 2.52. The van der Waals surface area contributed by atoms with Gasteiger partial charge in [0.2, 0.25) is 5.91 Å². The lowest BCUT2D eigenvalue weighted by Gasteiger charge is -2.39. The third kappa shape index (κ3) is 2.64. The second-order valence-corrected chi connectivity index (χ2v) is 5.94. The minimum Gasteiger partial charge on any atom is -0.346 e. The Morgan fingerprint density at radius 2 is 2.17 bits per heavy atom. The van der Waals surface area contributed by atoms with Crippen LogP contribution in [-0.4, -0.2) is 28.8 Å². The van der Waals surface area contributed by atoms with Gasteiger partial charge in [0.1, 0.15) is 0 Å². The maximum Gasteiger partial charge on any atom is 0.231 e. The molecular formula is C18H18N4O. The molecule has 0 bridgehead atoms. The summed E-state index contributed by atoms with van der Waals surface area (Å²) in [5.74, 6) is 5.92. The average molecular weight is 306 g/mol. The number of nitrogens with zero attached hydrogens (tertiary/aromatic N) is 2. The summed E-state index contributed by atoms with van der Waals surface area (Å²) in [4.78, 5) is 17.9. The van der Waals surface area contributed by atoms with Gasteiger partial charge < -0.3 is 5.32 Å². The predicted molar refractivity (Wildman–Crippen MR) is 89.9 cm³/mol. The Hall–Kier alpha value is -2.87. The molecule has 1 aromatic carbocycles. The second-order valence-electron chi connectivity index (χ2n) is 5.94. The lowest BCUT2D eigenvalue weighted by atomic mass is 9.86. The van der Waals surface area contributed by atoms with Gasteiger partial charge >= 0.3 is 0 Å². The summed E-state index contributed by atoms with van der Waals surface area (Å²) >= 11 is 0. The molecule has 2 heterocycles. The minimum absolute atomic E-state index is 0.0694. The Bertz CT molecular complexity index is 857. The van der Waals surface area contributed by atoms with Crippen LogP contribution in [-0.2, 0) is 10.3 Å². The largest absolute Gasteiger partial charge is 0.346 e. The quantitative estimate of drug-likeness (QED) is 0.794. The molecule has 23 heavy (non-hydrogen) atoms. The third-order valence-corrected chi connectivity index (χ3v) is 4.20. The highest BCUT2D eigenvalue weighted by molar-refractivity contribution is 5.99. The van der Waals surface area contributed by atoms with Crippen molar-refractivity contribution in [3.8, 4) is 11.8 Å². The van der Waals surface area contributed by atoms with Gasteiger partial charge in [0, 0.05) is 24.2 Å². The highest BCUT2D eigenvalue weighted by atomic mass is 16.2. The van der Waals surface area contributed by atoms with E-state index >= 15 is 0 Å². The summed E-state index contributed by atoms with van der Waals surface area (Å²) in [5.41, 5.74) is 2.11. The first-order valence-electron chi connectivity index (χ1n) is 7.39. The van der Waals surface area contributed by atoms with E-state index < -0.39 is 5.54 Å². The molecule has 0 saturated carbocycles. The molecule has 1 unspecified atom stereocenters. The molecule has 0 radical (unpaired) electrons. The predicted octanol–water partition coefficient (Wildman–Crippen LogP) is 2.21. The number of aromatic nitrogens is 1. The molecule has 0 spiro atoms. The number of amides is 1. The van der Waals surface area contributed by atoms with Crippen LogP contribution < -0.4 is 5.32 Å². The first-order valence-corrected chi connectivity index (χ1v) is 7.39. The molecule has 1 atom stereocenters. The minimum atomic E-state index is -0.596. The number of rotatable bonds is 1. The first-order chi connectivity index (χ1) is 10.9. The number of nitrogens with one attached hydrogen (secondary N) is 2. The summed E-state index contributed by atoms with van der Waals surface area (Å²) in [6.45, 7) is 3.73. The zero-order valence-electron chi connectivity index (χ0n) is 13.4. The smallest absolute Gasteiger partial charge is 0.231 e. The molecule has 1 saturated heterocycles. The molecular weight excluding hydrogens is 288 g/mol. The standard InChI is InChI=1S/C18H18N4O/c1-4-5-12-8-13-9-14(6-7-15(13)20-11-12)18(2)10-16(23)22(3)17(19)21-18/h6-9,11H,10H2,1-3H3,(H2,19,21). The van der Waals surface area contributed by atoms with Crippen molar-refractivity contribution in [1.29, 1.82) is 5.41 Å². The van der Waals surface area contributed by atoms with Crippen LogP contribution in [0.2, 0.25) is 0 Å². The van der Waals surface area contributed by atoms with E-state index in [1.165, 1.54) is 4.90 Å². The molecule has 1 aliphatic heterocycles. The lowest BCUT2D eigenvalue weighted by molar-refractivity contribution is -0.129. The van der Waals surface area contributed by atoms with Crippen molar-refractivity contribution in [1.82, 2.24) is 15.2 Å². The van der Waals surface area contributed by atoms with Gasteiger partial charge in [0.25, 0.3) is 0 Å². The number of benzene rings is 1. The van der Waals surface area contributed by atoms with Crippen LogP contribution in [0.25, 0.3) is 10.9 Å². The molecule has 2 aromatic rings. The molecule has 1 aliphatic rings. The van der Waals surface area contributed by atoms with E-state index in [2.05, 4.69) is 22.1 Å². The van der Waals surface area contributed by atoms with Crippen molar-refractivity contribution in [3.05, 3.63) is 41.6 Å². The van der Waals surface area contributed by atoms with E-state index in [4.69, 9.17) is 5.41 Å². The summed E-state index contributed by atoms with van der Waals surface area (Å²) in [6, 6.07) is 7.91. The number of hydrogen-bond donors (Lipinski definition) is 2. The van der Waals surface area contributed by atoms with E-state index in [-0.39, 0.29) is 11.9 Å². The highest BCUT2D eigenvalue weighted by Gasteiger charge is 2.37. The van der Waals surface area contributed by atoms with Crippen LogP contribution >= 0.6 is 0 Å². The number of carbonyl (C=O) groups is 1. The van der Waals surface area contributed by atoms with Gasteiger partial charge in [-0.25, -0.2) is 0 Å². The number of pyridine rings is 1. The van der Waals surface area contributed by atoms with Gasteiger partial charge in [-0.2, -0.15) is 0 Å². The number of hydrogen-bond acceptors (Lipinski definition) is 3. The Labute approximate surface area is 135 Å². The zero-order chi connectivity index (χ0) is 16.6. The second kappa shape index (κ2) is 5.40. The van der Waals surface area contributed by atoms with Crippen LogP contribution in [0.5, 0.6) is 0 Å². The summed E-state index contributed by atoms with van der Waals surface area (Å²) < 4.78 is 0. The van der Waals surface area contributed by atoms with Crippen molar-refractivity contribution < 1.29 is 4.79 Å². The fraction of sp³-hybridized carbons (Fsp3) is 0.278.